The quantitative estimate of drug-likeness (QED) is 0.312. The van der Waals surface area contributed by atoms with Crippen molar-refractivity contribution in [1.82, 2.24) is 19.3 Å². The lowest BCUT2D eigenvalue weighted by Gasteiger charge is -2.39. The number of ketones is 1. The number of hydrogen-bond acceptors (Lipinski definition) is 8. The monoisotopic (exact) mass is 683 g/mol. The molecule has 2 aromatic carbocycles. The molecule has 0 spiro atoms. The largest absolute Gasteiger partial charge is 0.496 e. The molecular weight excluding hydrogens is 634 g/mol. The van der Waals surface area contributed by atoms with Gasteiger partial charge in [-0.15, -0.1) is 0 Å². The fourth-order valence-electron chi connectivity index (χ4n) is 7.55. The normalized spacial score (nSPS) is 18.1. The summed E-state index contributed by atoms with van der Waals surface area (Å²) < 4.78 is 13.0. The fourth-order valence-corrected chi connectivity index (χ4v) is 7.55. The van der Waals surface area contributed by atoms with Crippen molar-refractivity contribution in [2.75, 3.05) is 71.5 Å². The molecule has 0 N–H and O–H groups in total. The molecule has 3 aliphatic heterocycles. The summed E-state index contributed by atoms with van der Waals surface area (Å²) >= 11 is 0. The number of carbonyl (C=O) groups is 3. The van der Waals surface area contributed by atoms with Crippen LogP contribution in [-0.4, -0.2) is 103 Å². The van der Waals surface area contributed by atoms with Gasteiger partial charge in [-0.2, -0.15) is 0 Å². The van der Waals surface area contributed by atoms with Crippen molar-refractivity contribution in [1.29, 1.82) is 0 Å². The highest BCUT2D eigenvalue weighted by atomic mass is 16.5. The van der Waals surface area contributed by atoms with Crippen molar-refractivity contribution in [3.63, 3.8) is 0 Å². The van der Waals surface area contributed by atoms with E-state index in [2.05, 4.69) is 28.0 Å². The van der Waals surface area contributed by atoms with E-state index in [0.717, 1.165) is 85.7 Å². The molecule has 0 unspecified atom stereocenters. The standard InChI is InChI=1S/C39H49N5O6/c1-26-27(2)38(47)40(3)25-33(26)29-6-7-31(36(21-29)50-5)24-42-18-16-41(17-19-42)23-28-10-13-43(14-11-28)39(48)30-8-9-35(49-4)34(20-30)44-15-12-32(45)22-37(44)46/h6-9,20-21,25,28H,10-19,22-24H2,1-5H3. The molecule has 2 amide bonds. The fraction of sp³-hybridized carbons (Fsp3) is 0.487. The van der Waals surface area contributed by atoms with E-state index in [0.29, 0.717) is 49.0 Å². The molecule has 1 aromatic heterocycles. The van der Waals surface area contributed by atoms with Gasteiger partial charge in [-0.1, -0.05) is 12.1 Å². The maximum absolute atomic E-state index is 13.5. The molecule has 0 saturated carbocycles. The first-order chi connectivity index (χ1) is 24.1. The van der Waals surface area contributed by atoms with E-state index in [1.54, 1.807) is 48.9 Å². The van der Waals surface area contributed by atoms with Gasteiger partial charge in [-0.3, -0.25) is 24.1 Å². The maximum atomic E-state index is 13.5. The minimum atomic E-state index is -0.260. The molecule has 0 aliphatic carbocycles. The Kier molecular flexibility index (Phi) is 10.7. The lowest BCUT2D eigenvalue weighted by Crippen LogP contribution is -2.48. The van der Waals surface area contributed by atoms with E-state index in [4.69, 9.17) is 9.47 Å². The SMILES string of the molecule is COc1cc(-c2cn(C)c(=O)c(C)c2C)ccc1CN1CCN(CC2CCN(C(=O)c3ccc(OC)c(N4CCC(=O)CC4=O)c3)CC2)CC1. The van der Waals surface area contributed by atoms with Gasteiger partial charge in [0.2, 0.25) is 5.91 Å². The number of anilines is 1. The highest BCUT2D eigenvalue weighted by Gasteiger charge is 2.30. The zero-order valence-corrected chi connectivity index (χ0v) is 30.0. The smallest absolute Gasteiger partial charge is 0.253 e. The van der Waals surface area contributed by atoms with E-state index in [1.807, 2.05) is 24.9 Å². The van der Waals surface area contributed by atoms with E-state index in [9.17, 15) is 19.2 Å². The van der Waals surface area contributed by atoms with Crippen LogP contribution < -0.4 is 19.9 Å². The number of amides is 2. The van der Waals surface area contributed by atoms with Gasteiger partial charge in [0.25, 0.3) is 11.5 Å². The molecule has 266 valence electrons. The predicted octanol–water partition coefficient (Wildman–Crippen LogP) is 4.05. The summed E-state index contributed by atoms with van der Waals surface area (Å²) in [5.41, 5.74) is 6.11. The Bertz CT molecular complexity index is 1820. The minimum Gasteiger partial charge on any atom is -0.496 e. The van der Waals surface area contributed by atoms with Crippen LogP contribution in [0.1, 0.15) is 52.7 Å². The van der Waals surface area contributed by atoms with Gasteiger partial charge in [-0.05, 0) is 68.0 Å². The molecular formula is C39H49N5O6. The lowest BCUT2D eigenvalue weighted by atomic mass is 9.95. The van der Waals surface area contributed by atoms with Gasteiger partial charge in [0.05, 0.1) is 26.3 Å². The predicted molar refractivity (Wildman–Crippen MR) is 193 cm³/mol. The van der Waals surface area contributed by atoms with Crippen LogP contribution >= 0.6 is 0 Å². The molecule has 0 atom stereocenters. The number of ether oxygens (including phenoxy) is 2. The number of aromatic nitrogens is 1. The van der Waals surface area contributed by atoms with Crippen LogP contribution in [-0.2, 0) is 23.2 Å². The zero-order valence-electron chi connectivity index (χ0n) is 30.0. The third-order valence-electron chi connectivity index (χ3n) is 10.8. The lowest BCUT2D eigenvalue weighted by molar-refractivity contribution is -0.128. The number of benzene rings is 2. The number of methoxy groups -OCH3 is 2. The van der Waals surface area contributed by atoms with Crippen LogP contribution in [0.2, 0.25) is 0 Å². The number of carbonyl (C=O) groups excluding carboxylic acids is 3. The van der Waals surface area contributed by atoms with Crippen molar-refractivity contribution in [2.24, 2.45) is 13.0 Å². The van der Waals surface area contributed by atoms with E-state index < -0.39 is 0 Å². The summed E-state index contributed by atoms with van der Waals surface area (Å²) in [4.78, 5) is 58.8. The number of pyridine rings is 1. The first-order valence-electron chi connectivity index (χ1n) is 17.6. The number of likely N-dealkylation sites (tertiary alicyclic amines) is 1. The molecule has 11 nitrogen and oxygen atoms in total. The summed E-state index contributed by atoms with van der Waals surface area (Å²) in [6.45, 7) is 11.4. The molecule has 4 heterocycles. The second kappa shape index (κ2) is 15.2. The summed E-state index contributed by atoms with van der Waals surface area (Å²) in [5, 5.41) is 0. The van der Waals surface area contributed by atoms with E-state index >= 15 is 0 Å². The van der Waals surface area contributed by atoms with Crippen molar-refractivity contribution in [3.05, 3.63) is 75.2 Å². The molecule has 3 aromatic rings. The maximum Gasteiger partial charge on any atom is 0.253 e. The Hall–Kier alpha value is -4.48. The summed E-state index contributed by atoms with van der Waals surface area (Å²) in [5.74, 6) is 1.56. The second-order valence-electron chi connectivity index (χ2n) is 13.9. The minimum absolute atomic E-state index is 0.0306. The molecule has 11 heteroatoms. The Morgan fingerprint density at radius 2 is 1.52 bits per heavy atom. The average molecular weight is 684 g/mol. The Balaban J connectivity index is 0.995. The van der Waals surface area contributed by atoms with Crippen LogP contribution in [0.15, 0.2) is 47.4 Å². The zero-order chi connectivity index (χ0) is 35.5. The van der Waals surface area contributed by atoms with Crippen molar-refractivity contribution in [2.45, 2.75) is 46.1 Å². The third-order valence-corrected chi connectivity index (χ3v) is 10.8. The van der Waals surface area contributed by atoms with Crippen LogP contribution in [0.5, 0.6) is 11.5 Å². The number of rotatable bonds is 9. The van der Waals surface area contributed by atoms with E-state index in [-0.39, 0.29) is 29.6 Å². The molecule has 3 fully saturated rings. The van der Waals surface area contributed by atoms with Crippen molar-refractivity contribution < 1.29 is 23.9 Å². The molecule has 3 saturated heterocycles. The highest BCUT2D eigenvalue weighted by molar-refractivity contribution is 6.09. The number of hydrogen-bond donors (Lipinski definition) is 0. The van der Waals surface area contributed by atoms with Crippen molar-refractivity contribution >= 4 is 23.3 Å². The van der Waals surface area contributed by atoms with Crippen molar-refractivity contribution in [3.8, 4) is 22.6 Å². The number of aryl methyl sites for hydroxylation is 1. The third kappa shape index (κ3) is 7.49. The summed E-state index contributed by atoms with van der Waals surface area (Å²) in [7, 11) is 5.05. The number of Topliss-reactive ketones (excluding diaryl/α,β-unsaturated/α-hetero) is 1. The van der Waals surface area contributed by atoms with Gasteiger partial charge < -0.3 is 28.7 Å². The highest BCUT2D eigenvalue weighted by Crippen LogP contribution is 2.33. The number of piperidine rings is 2. The Morgan fingerprint density at radius 1 is 0.820 bits per heavy atom. The molecule has 3 aliphatic rings. The number of piperazine rings is 1. The van der Waals surface area contributed by atoms with Gasteiger partial charge in [-0.25, -0.2) is 0 Å². The van der Waals surface area contributed by atoms with Crippen LogP contribution in [0.4, 0.5) is 5.69 Å². The topological polar surface area (TPSA) is 105 Å². The molecule has 50 heavy (non-hydrogen) atoms. The average Bonchev–Trinajstić information content (AvgIpc) is 3.13. The first-order valence-corrected chi connectivity index (χ1v) is 17.6. The van der Waals surface area contributed by atoms with E-state index in [1.165, 1.54) is 0 Å². The summed E-state index contributed by atoms with van der Waals surface area (Å²) in [6.07, 6.45) is 4.01. The van der Waals surface area contributed by atoms with Gasteiger partial charge in [0.1, 0.15) is 17.3 Å². The number of nitrogens with zero attached hydrogens (tertiary/aromatic N) is 5. The van der Waals surface area contributed by atoms with Crippen LogP contribution in [0.3, 0.4) is 0 Å². The second-order valence-corrected chi connectivity index (χ2v) is 13.9. The van der Waals surface area contributed by atoms with Gasteiger partial charge in [0, 0.05) is 101 Å². The molecule has 0 bridgehead atoms. The van der Waals surface area contributed by atoms with Gasteiger partial charge in [0.15, 0.2) is 0 Å². The molecule has 6 rings (SSSR count). The Labute approximate surface area is 294 Å². The first kappa shape index (κ1) is 35.3. The van der Waals surface area contributed by atoms with Crippen LogP contribution in [0, 0.1) is 19.8 Å². The Morgan fingerprint density at radius 3 is 2.20 bits per heavy atom. The molecule has 0 radical (unpaired) electrons. The van der Waals surface area contributed by atoms with Crippen LogP contribution in [0.25, 0.3) is 11.1 Å². The summed E-state index contributed by atoms with van der Waals surface area (Å²) in [6, 6.07) is 11.6. The van der Waals surface area contributed by atoms with Gasteiger partial charge >= 0.3 is 0 Å².